The van der Waals surface area contributed by atoms with Crippen LogP contribution in [0.5, 0.6) is 0 Å². The largest absolute Gasteiger partial charge is 0.383 e. The minimum absolute atomic E-state index is 0.00509. The van der Waals surface area contributed by atoms with Gasteiger partial charge in [-0.15, -0.1) is 0 Å². The Kier molecular flexibility index (Phi) is 3.13. The first-order valence-corrected chi connectivity index (χ1v) is 4.39. The second-order valence-corrected chi connectivity index (χ2v) is 3.35. The van der Waals surface area contributed by atoms with Crippen molar-refractivity contribution in [2.24, 2.45) is 0 Å². The van der Waals surface area contributed by atoms with Crippen molar-refractivity contribution in [3.05, 3.63) is 25.4 Å². The zero-order valence-electron chi connectivity index (χ0n) is 6.58. The van der Waals surface area contributed by atoms with Crippen molar-refractivity contribution in [3.8, 4) is 0 Å². The molecule has 1 heterocycles. The van der Waals surface area contributed by atoms with E-state index in [1.807, 2.05) is 0 Å². The van der Waals surface area contributed by atoms with Crippen LogP contribution in [0.1, 0.15) is 12.0 Å². The summed E-state index contributed by atoms with van der Waals surface area (Å²) in [5, 5.41) is 10.4. The molecule has 0 amide bonds. The van der Waals surface area contributed by atoms with Gasteiger partial charge in [0.15, 0.2) is 3.70 Å². The van der Waals surface area contributed by atoms with Crippen molar-refractivity contribution in [2.75, 3.05) is 5.73 Å². The maximum Gasteiger partial charge on any atom is 0.301 e. The van der Waals surface area contributed by atoms with Crippen LogP contribution in [0, 0.1) is 13.8 Å². The van der Waals surface area contributed by atoms with Gasteiger partial charge in [0.1, 0.15) is 5.82 Å². The number of nitrogens with zero attached hydrogens (tertiary/aromatic N) is 2. The van der Waals surface area contributed by atoms with E-state index >= 15 is 0 Å². The summed E-state index contributed by atoms with van der Waals surface area (Å²) in [7, 11) is 0. The molecule has 0 radical (unpaired) electrons. The van der Waals surface area contributed by atoms with Gasteiger partial charge in [0.05, 0.1) is 10.5 Å². The number of pyridine rings is 1. The molecule has 0 saturated heterocycles. The maximum absolute atomic E-state index is 12.3. The monoisotopic (exact) mass is 315 g/mol. The second-order valence-electron chi connectivity index (χ2n) is 2.33. The lowest BCUT2D eigenvalue weighted by Gasteiger charge is -2.03. The predicted molar refractivity (Wildman–Crippen MR) is 53.0 cm³/mol. The first-order valence-electron chi connectivity index (χ1n) is 3.32. The van der Waals surface area contributed by atoms with Gasteiger partial charge in [-0.1, -0.05) is 0 Å². The zero-order valence-corrected chi connectivity index (χ0v) is 8.73. The smallest absolute Gasteiger partial charge is 0.301 e. The van der Waals surface area contributed by atoms with Gasteiger partial charge in [0, 0.05) is 6.07 Å². The quantitative estimate of drug-likeness (QED) is 0.392. The standard InChI is InChI=1S/C6H4F2IN3O2/c7-4(8)2-1-3(12(13)14)5(9)11-6(2)10/h1,4H,(H2,10,11). The lowest BCUT2D eigenvalue weighted by Crippen LogP contribution is -2.03. The average molecular weight is 315 g/mol. The Hall–Kier alpha value is -1.06. The Morgan fingerprint density at radius 1 is 1.64 bits per heavy atom. The number of nitro groups is 1. The molecule has 2 N–H and O–H groups in total. The molecular weight excluding hydrogens is 311 g/mol. The molecule has 0 spiro atoms. The van der Waals surface area contributed by atoms with Gasteiger partial charge >= 0.3 is 5.69 Å². The van der Waals surface area contributed by atoms with Crippen molar-refractivity contribution >= 4 is 34.1 Å². The van der Waals surface area contributed by atoms with Gasteiger partial charge < -0.3 is 5.73 Å². The highest BCUT2D eigenvalue weighted by Crippen LogP contribution is 2.29. The van der Waals surface area contributed by atoms with E-state index in [9.17, 15) is 18.9 Å². The van der Waals surface area contributed by atoms with Crippen LogP contribution in [0.3, 0.4) is 0 Å². The fourth-order valence-electron chi connectivity index (χ4n) is 0.811. The highest BCUT2D eigenvalue weighted by molar-refractivity contribution is 14.1. The number of alkyl halides is 2. The highest BCUT2D eigenvalue weighted by Gasteiger charge is 2.21. The van der Waals surface area contributed by atoms with E-state index in [0.717, 1.165) is 6.07 Å². The average Bonchev–Trinajstić information content (AvgIpc) is 2.02. The van der Waals surface area contributed by atoms with E-state index in [1.165, 1.54) is 0 Å². The lowest BCUT2D eigenvalue weighted by molar-refractivity contribution is -0.386. The molecule has 0 unspecified atom stereocenters. The Labute approximate surface area is 90.6 Å². The maximum atomic E-state index is 12.3. The lowest BCUT2D eigenvalue weighted by atomic mass is 10.2. The Morgan fingerprint density at radius 2 is 2.21 bits per heavy atom. The number of nitrogens with two attached hydrogens (primary N) is 1. The molecular formula is C6H4F2IN3O2. The van der Waals surface area contributed by atoms with Gasteiger partial charge in [0.25, 0.3) is 6.43 Å². The van der Waals surface area contributed by atoms with Crippen LogP contribution in [0.25, 0.3) is 0 Å². The Balaban J connectivity index is 3.34. The van der Waals surface area contributed by atoms with Crippen molar-refractivity contribution in [3.63, 3.8) is 0 Å². The van der Waals surface area contributed by atoms with E-state index < -0.39 is 22.6 Å². The SMILES string of the molecule is Nc1nc(I)c([N+](=O)[O-])cc1C(F)F. The summed E-state index contributed by atoms with van der Waals surface area (Å²) in [6.45, 7) is 0. The molecule has 14 heavy (non-hydrogen) atoms. The summed E-state index contributed by atoms with van der Waals surface area (Å²) in [4.78, 5) is 13.1. The topological polar surface area (TPSA) is 82.0 Å². The zero-order chi connectivity index (χ0) is 10.9. The molecule has 0 aliphatic rings. The normalized spacial score (nSPS) is 10.6. The first-order chi connectivity index (χ1) is 6.43. The summed E-state index contributed by atoms with van der Waals surface area (Å²) in [6.07, 6.45) is -2.86. The molecule has 0 aliphatic heterocycles. The van der Waals surface area contributed by atoms with Crippen molar-refractivity contribution < 1.29 is 13.7 Å². The predicted octanol–water partition coefficient (Wildman–Crippen LogP) is 2.11. The van der Waals surface area contributed by atoms with E-state index in [-0.39, 0.29) is 9.52 Å². The third-order valence-corrected chi connectivity index (χ3v) is 2.24. The van der Waals surface area contributed by atoms with E-state index in [4.69, 9.17) is 5.73 Å². The van der Waals surface area contributed by atoms with Crippen LogP contribution in [0.4, 0.5) is 20.3 Å². The van der Waals surface area contributed by atoms with Gasteiger partial charge in [-0.3, -0.25) is 10.1 Å². The summed E-state index contributed by atoms with van der Waals surface area (Å²) in [6, 6.07) is 0.745. The number of hydrogen-bond donors (Lipinski definition) is 1. The van der Waals surface area contributed by atoms with Crippen molar-refractivity contribution in [2.45, 2.75) is 6.43 Å². The molecule has 0 fully saturated rings. The second kappa shape index (κ2) is 3.98. The molecule has 1 rings (SSSR count). The van der Waals surface area contributed by atoms with Gasteiger partial charge in [-0.05, 0) is 22.6 Å². The molecule has 76 valence electrons. The first kappa shape index (κ1) is 11.0. The fourth-order valence-corrected chi connectivity index (χ4v) is 1.42. The van der Waals surface area contributed by atoms with E-state index in [0.29, 0.717) is 0 Å². The Morgan fingerprint density at radius 3 is 2.64 bits per heavy atom. The molecule has 0 saturated carbocycles. The van der Waals surface area contributed by atoms with Crippen LogP contribution in [0.15, 0.2) is 6.07 Å². The number of aromatic nitrogens is 1. The van der Waals surface area contributed by atoms with Crippen LogP contribution in [-0.4, -0.2) is 9.91 Å². The fraction of sp³-hybridized carbons (Fsp3) is 0.167. The third kappa shape index (κ3) is 2.05. The molecule has 0 aliphatic carbocycles. The molecule has 8 heteroatoms. The highest BCUT2D eigenvalue weighted by atomic mass is 127. The van der Waals surface area contributed by atoms with Gasteiger partial charge in [-0.2, -0.15) is 0 Å². The minimum atomic E-state index is -2.86. The number of nitrogen functional groups attached to an aromatic ring is 1. The van der Waals surface area contributed by atoms with Crippen LogP contribution < -0.4 is 5.73 Å². The van der Waals surface area contributed by atoms with Crippen LogP contribution in [0.2, 0.25) is 0 Å². The minimum Gasteiger partial charge on any atom is -0.383 e. The number of anilines is 1. The van der Waals surface area contributed by atoms with Crippen molar-refractivity contribution in [1.29, 1.82) is 0 Å². The van der Waals surface area contributed by atoms with E-state index in [2.05, 4.69) is 4.98 Å². The number of hydrogen-bond acceptors (Lipinski definition) is 4. The van der Waals surface area contributed by atoms with E-state index in [1.54, 1.807) is 22.6 Å². The molecule has 0 aromatic carbocycles. The van der Waals surface area contributed by atoms with Crippen LogP contribution >= 0.6 is 22.6 Å². The van der Waals surface area contributed by atoms with Gasteiger partial charge in [-0.25, -0.2) is 13.8 Å². The van der Waals surface area contributed by atoms with Gasteiger partial charge in [0.2, 0.25) is 0 Å². The Bertz CT molecular complexity index is 386. The molecule has 0 atom stereocenters. The number of rotatable bonds is 2. The summed E-state index contributed by atoms with van der Waals surface area (Å²) < 4.78 is 24.5. The van der Waals surface area contributed by atoms with Crippen LogP contribution in [-0.2, 0) is 0 Å². The molecule has 1 aromatic rings. The number of halogens is 3. The summed E-state index contributed by atoms with van der Waals surface area (Å²) in [5.74, 6) is -0.380. The summed E-state index contributed by atoms with van der Waals surface area (Å²) >= 11 is 1.56. The molecule has 5 nitrogen and oxygen atoms in total. The van der Waals surface area contributed by atoms with Crippen molar-refractivity contribution in [1.82, 2.24) is 4.98 Å². The molecule has 0 bridgehead atoms. The molecule has 1 aromatic heterocycles. The summed E-state index contributed by atoms with van der Waals surface area (Å²) in [5.41, 5.74) is 4.10. The third-order valence-electron chi connectivity index (χ3n) is 1.45.